The van der Waals surface area contributed by atoms with E-state index in [1.54, 1.807) is 14.1 Å². The Kier molecular flexibility index (Phi) is 3.03. The van der Waals surface area contributed by atoms with Crippen molar-refractivity contribution in [2.24, 2.45) is 7.05 Å². The molecule has 8 heteroatoms. The molecule has 0 spiro atoms. The second-order valence-corrected chi connectivity index (χ2v) is 5.63. The van der Waals surface area contributed by atoms with Gasteiger partial charge in [0.2, 0.25) is 0 Å². The standard InChI is InChI=1S/C15H16N6O2/c1-19-11-5-3-2-4-10(11)13(18-19)14(22)20-7-6-12-16-17-15(23)21(12)9-8-20/h2-5H,6-9H2,1H3,(H,17,23). The highest BCUT2D eigenvalue weighted by atomic mass is 16.2. The van der Waals surface area contributed by atoms with E-state index in [1.165, 1.54) is 0 Å². The largest absolute Gasteiger partial charge is 0.343 e. The zero-order chi connectivity index (χ0) is 16.0. The third kappa shape index (κ3) is 2.14. The number of nitrogens with zero attached hydrogens (tertiary/aromatic N) is 5. The number of hydrogen-bond acceptors (Lipinski definition) is 4. The number of benzene rings is 1. The van der Waals surface area contributed by atoms with Crippen LogP contribution >= 0.6 is 0 Å². The van der Waals surface area contributed by atoms with Gasteiger partial charge in [0, 0.05) is 38.5 Å². The smallest absolute Gasteiger partial charge is 0.335 e. The van der Waals surface area contributed by atoms with Crippen LogP contribution in [-0.4, -0.2) is 48.4 Å². The van der Waals surface area contributed by atoms with Gasteiger partial charge in [-0.15, -0.1) is 0 Å². The molecule has 1 amide bonds. The Morgan fingerprint density at radius 3 is 2.91 bits per heavy atom. The van der Waals surface area contributed by atoms with Gasteiger partial charge in [0.25, 0.3) is 5.91 Å². The maximum absolute atomic E-state index is 12.9. The summed E-state index contributed by atoms with van der Waals surface area (Å²) >= 11 is 0. The minimum atomic E-state index is -0.224. The fourth-order valence-corrected chi connectivity index (χ4v) is 3.06. The predicted molar refractivity (Wildman–Crippen MR) is 83.2 cm³/mol. The van der Waals surface area contributed by atoms with E-state index in [0.717, 1.165) is 10.9 Å². The number of para-hydroxylation sites is 1. The maximum Gasteiger partial charge on any atom is 0.343 e. The van der Waals surface area contributed by atoms with E-state index in [2.05, 4.69) is 15.3 Å². The second kappa shape index (κ2) is 5.08. The van der Waals surface area contributed by atoms with Gasteiger partial charge in [-0.2, -0.15) is 10.2 Å². The molecule has 3 aromatic rings. The number of H-pyrrole nitrogens is 1. The van der Waals surface area contributed by atoms with Crippen LogP contribution < -0.4 is 5.69 Å². The van der Waals surface area contributed by atoms with Crippen LogP contribution in [0.25, 0.3) is 10.9 Å². The first-order valence-corrected chi connectivity index (χ1v) is 7.50. The van der Waals surface area contributed by atoms with Crippen molar-refractivity contribution in [1.29, 1.82) is 0 Å². The number of nitrogens with one attached hydrogen (secondary N) is 1. The fraction of sp³-hybridized carbons (Fsp3) is 0.333. The minimum Gasteiger partial charge on any atom is -0.335 e. The Balaban J connectivity index is 1.66. The molecule has 3 heterocycles. The molecule has 0 atom stereocenters. The van der Waals surface area contributed by atoms with Gasteiger partial charge in [0.15, 0.2) is 5.69 Å². The van der Waals surface area contributed by atoms with Crippen molar-refractivity contribution in [3.8, 4) is 0 Å². The lowest BCUT2D eigenvalue weighted by molar-refractivity contribution is 0.0754. The van der Waals surface area contributed by atoms with Gasteiger partial charge in [0.05, 0.1) is 5.52 Å². The molecule has 0 radical (unpaired) electrons. The number of amides is 1. The van der Waals surface area contributed by atoms with Gasteiger partial charge in [-0.3, -0.25) is 14.0 Å². The molecule has 0 aliphatic carbocycles. The van der Waals surface area contributed by atoms with Crippen molar-refractivity contribution in [3.05, 3.63) is 46.3 Å². The molecule has 1 aliphatic heterocycles. The number of hydrogen-bond donors (Lipinski definition) is 1. The highest BCUT2D eigenvalue weighted by molar-refractivity contribution is 6.04. The summed E-state index contributed by atoms with van der Waals surface area (Å²) in [5, 5.41) is 11.7. The summed E-state index contributed by atoms with van der Waals surface area (Å²) in [4.78, 5) is 26.3. The Labute approximate surface area is 131 Å². The lowest BCUT2D eigenvalue weighted by Gasteiger charge is -2.18. The van der Waals surface area contributed by atoms with E-state index < -0.39 is 0 Å². The van der Waals surface area contributed by atoms with Crippen LogP contribution in [0.4, 0.5) is 0 Å². The molecule has 4 rings (SSSR count). The van der Waals surface area contributed by atoms with Crippen molar-refractivity contribution in [2.75, 3.05) is 13.1 Å². The first-order chi connectivity index (χ1) is 11.1. The summed E-state index contributed by atoms with van der Waals surface area (Å²) < 4.78 is 3.31. The van der Waals surface area contributed by atoms with Crippen LogP contribution in [0.3, 0.4) is 0 Å². The molecule has 2 aromatic heterocycles. The van der Waals surface area contributed by atoms with E-state index in [4.69, 9.17) is 0 Å². The molecule has 118 valence electrons. The minimum absolute atomic E-state index is 0.107. The lowest BCUT2D eigenvalue weighted by atomic mass is 10.2. The summed E-state index contributed by atoms with van der Waals surface area (Å²) in [6.45, 7) is 1.44. The summed E-state index contributed by atoms with van der Waals surface area (Å²) in [7, 11) is 1.83. The monoisotopic (exact) mass is 312 g/mol. The number of aryl methyl sites for hydroxylation is 1. The summed E-state index contributed by atoms with van der Waals surface area (Å²) in [6, 6.07) is 7.67. The lowest BCUT2D eigenvalue weighted by Crippen LogP contribution is -2.34. The second-order valence-electron chi connectivity index (χ2n) is 5.63. The van der Waals surface area contributed by atoms with Gasteiger partial charge >= 0.3 is 5.69 Å². The fourth-order valence-electron chi connectivity index (χ4n) is 3.06. The van der Waals surface area contributed by atoms with E-state index >= 15 is 0 Å². The first-order valence-electron chi connectivity index (χ1n) is 7.50. The average Bonchev–Trinajstić information content (AvgIpc) is 3.00. The van der Waals surface area contributed by atoms with Crippen LogP contribution in [0, 0.1) is 0 Å². The number of aromatic nitrogens is 5. The zero-order valence-electron chi connectivity index (χ0n) is 12.7. The van der Waals surface area contributed by atoms with Crippen LogP contribution in [0.5, 0.6) is 0 Å². The number of rotatable bonds is 1. The molecule has 0 fully saturated rings. The normalized spacial score (nSPS) is 14.7. The zero-order valence-corrected chi connectivity index (χ0v) is 12.7. The Morgan fingerprint density at radius 1 is 1.22 bits per heavy atom. The van der Waals surface area contributed by atoms with Gasteiger partial charge in [0.1, 0.15) is 5.82 Å². The van der Waals surface area contributed by atoms with Gasteiger partial charge in [-0.05, 0) is 6.07 Å². The molecule has 0 unspecified atom stereocenters. The Morgan fingerprint density at radius 2 is 2.04 bits per heavy atom. The molecule has 0 saturated carbocycles. The number of aromatic amines is 1. The number of carbonyl (C=O) groups excluding carboxylic acids is 1. The van der Waals surface area contributed by atoms with E-state index in [-0.39, 0.29) is 11.6 Å². The van der Waals surface area contributed by atoms with Crippen molar-refractivity contribution in [1.82, 2.24) is 29.4 Å². The number of carbonyl (C=O) groups is 1. The van der Waals surface area contributed by atoms with Crippen LogP contribution in [-0.2, 0) is 20.0 Å². The summed E-state index contributed by atoms with van der Waals surface area (Å²) in [5.41, 5.74) is 1.16. The van der Waals surface area contributed by atoms with E-state index in [1.807, 2.05) is 31.3 Å². The highest BCUT2D eigenvalue weighted by Gasteiger charge is 2.25. The SMILES string of the molecule is Cn1nc(C(=O)N2CCc3n[nH]c(=O)n3CC2)c2ccccc21. The van der Waals surface area contributed by atoms with Crippen LogP contribution in [0.15, 0.2) is 29.1 Å². The first kappa shape index (κ1) is 13.7. The van der Waals surface area contributed by atoms with Crippen LogP contribution in [0.2, 0.25) is 0 Å². The van der Waals surface area contributed by atoms with Crippen molar-refractivity contribution >= 4 is 16.8 Å². The quantitative estimate of drug-likeness (QED) is 0.693. The van der Waals surface area contributed by atoms with E-state index in [9.17, 15) is 9.59 Å². The molecule has 8 nitrogen and oxygen atoms in total. The molecule has 1 aliphatic rings. The van der Waals surface area contributed by atoms with Crippen molar-refractivity contribution in [2.45, 2.75) is 13.0 Å². The maximum atomic E-state index is 12.9. The predicted octanol–water partition coefficient (Wildman–Crippen LogP) is 0.157. The Hall–Kier alpha value is -2.90. The third-order valence-corrected chi connectivity index (χ3v) is 4.28. The van der Waals surface area contributed by atoms with E-state index in [0.29, 0.717) is 37.6 Å². The topological polar surface area (TPSA) is 88.8 Å². The molecule has 23 heavy (non-hydrogen) atoms. The Bertz CT molecular complexity index is 950. The highest BCUT2D eigenvalue weighted by Crippen LogP contribution is 2.19. The molecule has 0 saturated heterocycles. The van der Waals surface area contributed by atoms with Crippen molar-refractivity contribution in [3.63, 3.8) is 0 Å². The van der Waals surface area contributed by atoms with Gasteiger partial charge in [-0.1, -0.05) is 18.2 Å². The van der Waals surface area contributed by atoms with Gasteiger partial charge in [-0.25, -0.2) is 9.89 Å². The molecule has 0 bridgehead atoms. The molecular formula is C15H16N6O2. The molecular weight excluding hydrogens is 296 g/mol. The van der Waals surface area contributed by atoms with Crippen LogP contribution in [0.1, 0.15) is 16.3 Å². The average molecular weight is 312 g/mol. The number of fused-ring (bicyclic) bond motifs is 2. The molecule has 1 aromatic carbocycles. The summed E-state index contributed by atoms with van der Waals surface area (Å²) in [5.74, 6) is 0.583. The molecule has 1 N–H and O–H groups in total. The third-order valence-electron chi connectivity index (χ3n) is 4.28. The van der Waals surface area contributed by atoms with Gasteiger partial charge < -0.3 is 4.90 Å². The summed E-state index contributed by atoms with van der Waals surface area (Å²) in [6.07, 6.45) is 0.551. The van der Waals surface area contributed by atoms with Crippen molar-refractivity contribution < 1.29 is 4.79 Å².